The molecule has 7 heteroatoms. The van der Waals surface area contributed by atoms with Crippen LogP contribution in [0.5, 0.6) is 0 Å². The number of para-hydroxylation sites is 2. The first-order valence-electron chi connectivity index (χ1n) is 9.99. The summed E-state index contributed by atoms with van der Waals surface area (Å²) in [4.78, 5) is 7.32. The zero-order chi connectivity index (χ0) is 19.8. The maximum atomic E-state index is 5.73. The van der Waals surface area contributed by atoms with E-state index in [0.29, 0.717) is 5.92 Å². The third-order valence-corrected chi connectivity index (χ3v) is 7.19. The van der Waals surface area contributed by atoms with Crippen molar-refractivity contribution in [2.24, 2.45) is 0 Å². The maximum absolute atomic E-state index is 5.73. The topological polar surface area (TPSA) is 38.9 Å². The minimum Gasteiger partial charge on any atom is -0.284 e. The van der Waals surface area contributed by atoms with Crippen LogP contribution in [-0.2, 0) is 6.67 Å². The molecule has 0 aliphatic carbocycles. The average Bonchev–Trinajstić information content (AvgIpc) is 3.30. The summed E-state index contributed by atoms with van der Waals surface area (Å²) < 4.78 is 6.04. The highest BCUT2D eigenvalue weighted by atomic mass is 32.1. The summed E-state index contributed by atoms with van der Waals surface area (Å²) in [6, 6.07) is 18.6. The first kappa shape index (κ1) is 18.7. The van der Waals surface area contributed by atoms with Gasteiger partial charge >= 0.3 is 0 Å². The first-order valence-corrected chi connectivity index (χ1v) is 11.2. The molecule has 148 valence electrons. The lowest BCUT2D eigenvalue weighted by atomic mass is 9.98. The van der Waals surface area contributed by atoms with E-state index in [2.05, 4.69) is 41.3 Å². The van der Waals surface area contributed by atoms with Crippen LogP contribution in [0, 0.1) is 11.7 Å². The van der Waals surface area contributed by atoms with Crippen molar-refractivity contribution in [2.75, 3.05) is 13.1 Å². The van der Waals surface area contributed by atoms with Crippen molar-refractivity contribution >= 4 is 33.8 Å². The fraction of sp³-hybridized carbons (Fsp3) is 0.318. The van der Waals surface area contributed by atoms with Crippen LogP contribution in [0.2, 0.25) is 0 Å². The van der Waals surface area contributed by atoms with Gasteiger partial charge in [-0.2, -0.15) is 5.10 Å². The van der Waals surface area contributed by atoms with Crippen LogP contribution < -0.4 is 0 Å². The molecule has 0 N–H and O–H groups in total. The van der Waals surface area contributed by atoms with Crippen molar-refractivity contribution in [3.63, 3.8) is 0 Å². The van der Waals surface area contributed by atoms with E-state index in [9.17, 15) is 0 Å². The van der Waals surface area contributed by atoms with Gasteiger partial charge in [0.1, 0.15) is 5.82 Å². The zero-order valence-electron chi connectivity index (χ0n) is 16.4. The monoisotopic (exact) mass is 421 g/mol. The number of piperidine rings is 1. The molecule has 5 nitrogen and oxygen atoms in total. The van der Waals surface area contributed by atoms with Gasteiger partial charge in [0, 0.05) is 24.7 Å². The Hall–Kier alpha value is -2.35. The molecule has 1 aliphatic heterocycles. The van der Waals surface area contributed by atoms with Crippen molar-refractivity contribution < 1.29 is 0 Å². The van der Waals surface area contributed by atoms with Gasteiger partial charge in [0.2, 0.25) is 4.77 Å². The number of nitrogens with zero attached hydrogens (tertiary/aromatic N) is 5. The quantitative estimate of drug-likeness (QED) is 0.427. The lowest BCUT2D eigenvalue weighted by Crippen LogP contribution is -2.34. The number of rotatable bonds is 4. The van der Waals surface area contributed by atoms with E-state index in [1.165, 1.54) is 9.71 Å². The van der Waals surface area contributed by atoms with Gasteiger partial charge in [0.15, 0.2) is 0 Å². The van der Waals surface area contributed by atoms with E-state index in [0.717, 1.165) is 54.4 Å². The van der Waals surface area contributed by atoms with Crippen LogP contribution in [0.15, 0.2) is 54.6 Å². The second-order valence-electron chi connectivity index (χ2n) is 7.55. The summed E-state index contributed by atoms with van der Waals surface area (Å²) >= 11 is 7.58. The number of likely N-dealkylation sites (tertiary alicyclic amines) is 1. The standard InChI is InChI=1S/C22H23N5S2/c1-16-24-26(22(28)27(16)18-7-3-2-4-8-18)15-25-13-11-17(12-14-25)21-23-19-9-5-6-10-20(19)29-21/h2-10,17H,11-15H2,1H3. The van der Waals surface area contributed by atoms with Crippen LogP contribution in [0.4, 0.5) is 0 Å². The van der Waals surface area contributed by atoms with Crippen molar-refractivity contribution in [3.8, 4) is 5.69 Å². The minimum absolute atomic E-state index is 0.556. The molecule has 29 heavy (non-hydrogen) atoms. The van der Waals surface area contributed by atoms with Gasteiger partial charge in [0.25, 0.3) is 0 Å². The van der Waals surface area contributed by atoms with E-state index < -0.39 is 0 Å². The predicted molar refractivity (Wildman–Crippen MR) is 120 cm³/mol. The lowest BCUT2D eigenvalue weighted by molar-refractivity contribution is 0.160. The SMILES string of the molecule is Cc1nn(CN2CCC(c3nc4ccccc4s3)CC2)c(=S)n1-c1ccccc1. The second kappa shape index (κ2) is 7.82. The normalized spacial score (nSPS) is 15.9. The van der Waals surface area contributed by atoms with Gasteiger partial charge in [0.05, 0.1) is 21.9 Å². The van der Waals surface area contributed by atoms with Gasteiger partial charge < -0.3 is 0 Å². The van der Waals surface area contributed by atoms with Crippen LogP contribution in [0.3, 0.4) is 0 Å². The van der Waals surface area contributed by atoms with E-state index >= 15 is 0 Å². The number of benzene rings is 2. The summed E-state index contributed by atoms with van der Waals surface area (Å²) in [5.74, 6) is 1.48. The third-order valence-electron chi connectivity index (χ3n) is 5.60. The molecule has 4 aromatic rings. The van der Waals surface area contributed by atoms with Gasteiger partial charge in [-0.3, -0.25) is 9.47 Å². The van der Waals surface area contributed by atoms with Gasteiger partial charge in [-0.15, -0.1) is 11.3 Å². The molecule has 5 rings (SSSR count). The highest BCUT2D eigenvalue weighted by Crippen LogP contribution is 2.33. The van der Waals surface area contributed by atoms with Crippen molar-refractivity contribution in [2.45, 2.75) is 32.4 Å². The number of hydrogen-bond acceptors (Lipinski definition) is 5. The molecule has 0 atom stereocenters. The fourth-order valence-electron chi connectivity index (χ4n) is 4.06. The minimum atomic E-state index is 0.556. The summed E-state index contributed by atoms with van der Waals surface area (Å²) in [7, 11) is 0. The molecule has 3 heterocycles. The Morgan fingerprint density at radius 2 is 1.76 bits per heavy atom. The highest BCUT2D eigenvalue weighted by molar-refractivity contribution is 7.71. The molecule has 2 aromatic carbocycles. The van der Waals surface area contributed by atoms with Crippen LogP contribution in [0.1, 0.15) is 29.6 Å². The smallest absolute Gasteiger partial charge is 0.203 e. The van der Waals surface area contributed by atoms with Crippen molar-refractivity contribution in [1.82, 2.24) is 24.2 Å². The maximum Gasteiger partial charge on any atom is 0.203 e. The fourth-order valence-corrected chi connectivity index (χ4v) is 5.53. The average molecular weight is 422 g/mol. The van der Waals surface area contributed by atoms with Crippen LogP contribution in [-0.4, -0.2) is 37.3 Å². The second-order valence-corrected chi connectivity index (χ2v) is 8.98. The molecule has 1 fully saturated rings. The Kier molecular flexibility index (Phi) is 5.03. The van der Waals surface area contributed by atoms with Gasteiger partial charge in [-0.1, -0.05) is 30.3 Å². The lowest BCUT2D eigenvalue weighted by Gasteiger charge is -2.30. The first-order chi connectivity index (χ1) is 14.2. The Bertz CT molecular complexity index is 1150. The molecule has 0 unspecified atom stereocenters. The van der Waals surface area contributed by atoms with E-state index in [4.69, 9.17) is 22.3 Å². The Labute approximate surface area is 179 Å². The molecular formula is C22H23N5S2. The summed E-state index contributed by atoms with van der Waals surface area (Å²) in [5.41, 5.74) is 2.19. The Morgan fingerprint density at radius 1 is 1.03 bits per heavy atom. The van der Waals surface area contributed by atoms with Crippen LogP contribution in [0.25, 0.3) is 15.9 Å². The van der Waals surface area contributed by atoms with Gasteiger partial charge in [-0.05, 0) is 56.2 Å². The van der Waals surface area contributed by atoms with E-state index in [-0.39, 0.29) is 0 Å². The van der Waals surface area contributed by atoms with E-state index in [1.807, 2.05) is 45.7 Å². The molecule has 0 saturated carbocycles. The Morgan fingerprint density at radius 3 is 2.52 bits per heavy atom. The number of aromatic nitrogens is 4. The summed E-state index contributed by atoms with van der Waals surface area (Å²) in [6.45, 7) is 4.84. The van der Waals surface area contributed by atoms with Crippen LogP contribution >= 0.6 is 23.6 Å². The molecule has 0 bridgehead atoms. The summed E-state index contributed by atoms with van der Waals surface area (Å²) in [6.07, 6.45) is 2.26. The van der Waals surface area contributed by atoms with Crippen molar-refractivity contribution in [1.29, 1.82) is 0 Å². The van der Waals surface area contributed by atoms with E-state index in [1.54, 1.807) is 0 Å². The molecule has 1 saturated heterocycles. The van der Waals surface area contributed by atoms with Gasteiger partial charge in [-0.25, -0.2) is 9.67 Å². The Balaban J connectivity index is 1.28. The number of thiazole rings is 1. The molecule has 0 radical (unpaired) electrons. The molecule has 2 aromatic heterocycles. The third kappa shape index (κ3) is 3.66. The molecular weight excluding hydrogens is 398 g/mol. The highest BCUT2D eigenvalue weighted by Gasteiger charge is 2.24. The molecule has 1 aliphatic rings. The predicted octanol–water partition coefficient (Wildman–Crippen LogP) is 5.16. The number of fused-ring (bicyclic) bond motifs is 1. The summed E-state index contributed by atoms with van der Waals surface area (Å²) in [5, 5.41) is 5.99. The molecule has 0 amide bonds. The number of hydrogen-bond donors (Lipinski definition) is 0. The number of aryl methyl sites for hydroxylation is 1. The molecule has 0 spiro atoms. The largest absolute Gasteiger partial charge is 0.284 e. The zero-order valence-corrected chi connectivity index (χ0v) is 18.0. The van der Waals surface area contributed by atoms with Crippen molar-refractivity contribution in [3.05, 3.63) is 70.2 Å².